The summed E-state index contributed by atoms with van der Waals surface area (Å²) >= 11 is 6.07. The highest BCUT2D eigenvalue weighted by Gasteiger charge is 2.27. The topological polar surface area (TPSA) is 56.8 Å². The van der Waals surface area contributed by atoms with Crippen LogP contribution in [0.2, 0.25) is 5.02 Å². The molecule has 0 fully saturated rings. The largest absolute Gasteiger partial charge is 0.492 e. The monoisotopic (exact) mass is 403 g/mol. The van der Waals surface area contributed by atoms with Crippen LogP contribution in [0.4, 0.5) is 0 Å². The second kappa shape index (κ2) is 9.20. The number of carbonyl (C=O) groups excluding carboxylic acids is 1. The zero-order valence-corrected chi connectivity index (χ0v) is 17.2. The van der Waals surface area contributed by atoms with Crippen LogP contribution >= 0.6 is 11.6 Å². The standard InChI is InChI=1S/C22H26ClNO4/c1-4-26-20-8-6-15(12-21(20)27-5-2)14(3)24-22(25)17-10-16-11-18(23)7-9-19(16)28-13-17/h6-9,11-12,14,17H,4-5,10,13H2,1-3H3,(H,24,25)/t14-,17-/m1/s1. The molecule has 1 aliphatic rings. The quantitative estimate of drug-likeness (QED) is 0.735. The maximum absolute atomic E-state index is 12.8. The van der Waals surface area contributed by atoms with Gasteiger partial charge in [0, 0.05) is 5.02 Å². The van der Waals surface area contributed by atoms with Gasteiger partial charge in [-0.25, -0.2) is 0 Å². The average molecular weight is 404 g/mol. The van der Waals surface area contributed by atoms with Crippen molar-refractivity contribution in [1.82, 2.24) is 5.32 Å². The number of amides is 1. The zero-order chi connectivity index (χ0) is 20.1. The van der Waals surface area contributed by atoms with Crippen LogP contribution in [0.3, 0.4) is 0 Å². The minimum absolute atomic E-state index is 0.0371. The second-order valence-corrected chi connectivity index (χ2v) is 7.20. The molecule has 5 nitrogen and oxygen atoms in total. The van der Waals surface area contributed by atoms with Crippen molar-refractivity contribution in [3.8, 4) is 17.2 Å². The van der Waals surface area contributed by atoms with Crippen LogP contribution in [0.1, 0.15) is 37.9 Å². The van der Waals surface area contributed by atoms with Gasteiger partial charge < -0.3 is 19.5 Å². The lowest BCUT2D eigenvalue weighted by Gasteiger charge is -2.26. The van der Waals surface area contributed by atoms with E-state index in [0.717, 1.165) is 16.9 Å². The van der Waals surface area contributed by atoms with Gasteiger partial charge in [0.1, 0.15) is 12.4 Å². The molecular formula is C22H26ClNO4. The van der Waals surface area contributed by atoms with Crippen LogP contribution in [0, 0.1) is 5.92 Å². The molecule has 150 valence electrons. The molecule has 3 rings (SSSR count). The lowest BCUT2D eigenvalue weighted by Crippen LogP contribution is -2.38. The third-order valence-electron chi connectivity index (χ3n) is 4.73. The Morgan fingerprint density at radius 1 is 1.18 bits per heavy atom. The molecule has 0 saturated carbocycles. The van der Waals surface area contributed by atoms with Crippen molar-refractivity contribution in [3.63, 3.8) is 0 Å². The number of fused-ring (bicyclic) bond motifs is 1. The van der Waals surface area contributed by atoms with E-state index in [4.69, 9.17) is 25.8 Å². The first kappa shape index (κ1) is 20.3. The van der Waals surface area contributed by atoms with Crippen LogP contribution in [-0.4, -0.2) is 25.7 Å². The minimum atomic E-state index is -0.248. The summed E-state index contributed by atoms with van der Waals surface area (Å²) in [6.07, 6.45) is 0.613. The molecule has 2 aromatic carbocycles. The molecule has 2 aromatic rings. The van der Waals surface area contributed by atoms with Gasteiger partial charge in [-0.3, -0.25) is 4.79 Å². The molecule has 0 saturated heterocycles. The van der Waals surface area contributed by atoms with E-state index in [1.807, 2.05) is 51.1 Å². The zero-order valence-electron chi connectivity index (χ0n) is 16.5. The number of ether oxygens (including phenoxy) is 3. The highest BCUT2D eigenvalue weighted by molar-refractivity contribution is 6.30. The van der Waals surface area contributed by atoms with Crippen molar-refractivity contribution in [2.45, 2.75) is 33.2 Å². The van der Waals surface area contributed by atoms with Crippen molar-refractivity contribution in [2.24, 2.45) is 5.92 Å². The van der Waals surface area contributed by atoms with Crippen molar-refractivity contribution in [2.75, 3.05) is 19.8 Å². The molecule has 1 N–H and O–H groups in total. The van der Waals surface area contributed by atoms with Crippen LogP contribution in [0.15, 0.2) is 36.4 Å². The third kappa shape index (κ3) is 4.71. The van der Waals surface area contributed by atoms with E-state index in [1.165, 1.54) is 0 Å². The average Bonchev–Trinajstić information content (AvgIpc) is 2.69. The van der Waals surface area contributed by atoms with E-state index in [1.54, 1.807) is 6.07 Å². The predicted molar refractivity (Wildman–Crippen MR) is 109 cm³/mol. The fraction of sp³-hybridized carbons (Fsp3) is 0.409. The Balaban J connectivity index is 1.68. The predicted octanol–water partition coefficient (Wildman–Crippen LogP) is 4.57. The summed E-state index contributed by atoms with van der Waals surface area (Å²) in [5.74, 6) is 1.91. The Kier molecular flexibility index (Phi) is 6.68. The van der Waals surface area contributed by atoms with Crippen LogP contribution in [0.5, 0.6) is 17.2 Å². The Bertz CT molecular complexity index is 839. The van der Waals surface area contributed by atoms with Gasteiger partial charge in [0.15, 0.2) is 11.5 Å². The maximum Gasteiger partial charge on any atom is 0.227 e. The van der Waals surface area contributed by atoms with Crippen LogP contribution in [-0.2, 0) is 11.2 Å². The maximum atomic E-state index is 12.8. The van der Waals surface area contributed by atoms with Crippen LogP contribution < -0.4 is 19.5 Å². The summed E-state index contributed by atoms with van der Waals surface area (Å²) in [5.41, 5.74) is 1.92. The Morgan fingerprint density at radius 3 is 2.68 bits per heavy atom. The van der Waals surface area contributed by atoms with Gasteiger partial charge in [-0.1, -0.05) is 17.7 Å². The van der Waals surface area contributed by atoms with E-state index >= 15 is 0 Å². The molecule has 1 aliphatic heterocycles. The minimum Gasteiger partial charge on any atom is -0.492 e. The van der Waals surface area contributed by atoms with Crippen molar-refractivity contribution in [3.05, 3.63) is 52.5 Å². The fourth-order valence-electron chi connectivity index (χ4n) is 3.28. The van der Waals surface area contributed by atoms with Crippen molar-refractivity contribution < 1.29 is 19.0 Å². The molecule has 1 heterocycles. The summed E-state index contributed by atoms with van der Waals surface area (Å²) in [6.45, 7) is 7.30. The van der Waals surface area contributed by atoms with E-state index in [0.29, 0.717) is 42.8 Å². The molecule has 0 spiro atoms. The van der Waals surface area contributed by atoms with Crippen molar-refractivity contribution >= 4 is 17.5 Å². The van der Waals surface area contributed by atoms with Gasteiger partial charge in [0.2, 0.25) is 5.91 Å². The van der Waals surface area contributed by atoms with Gasteiger partial charge >= 0.3 is 0 Å². The van der Waals surface area contributed by atoms with E-state index < -0.39 is 0 Å². The number of hydrogen-bond acceptors (Lipinski definition) is 4. The smallest absolute Gasteiger partial charge is 0.227 e. The first-order chi connectivity index (χ1) is 13.5. The Morgan fingerprint density at radius 2 is 1.93 bits per heavy atom. The van der Waals surface area contributed by atoms with E-state index in [-0.39, 0.29) is 17.9 Å². The lowest BCUT2D eigenvalue weighted by molar-refractivity contribution is -0.126. The SMILES string of the molecule is CCOc1ccc([C@@H](C)NC(=O)[C@H]2COc3ccc(Cl)cc3C2)cc1OCC. The summed E-state index contributed by atoms with van der Waals surface area (Å²) in [5, 5.41) is 3.73. The number of rotatable bonds is 7. The van der Waals surface area contributed by atoms with Gasteiger partial charge in [0.25, 0.3) is 0 Å². The molecule has 0 unspecified atom stereocenters. The molecule has 1 amide bonds. The molecule has 0 aromatic heterocycles. The summed E-state index contributed by atoms with van der Waals surface area (Å²) in [4.78, 5) is 12.8. The normalized spacial score (nSPS) is 16.5. The number of hydrogen-bond donors (Lipinski definition) is 1. The molecule has 28 heavy (non-hydrogen) atoms. The number of nitrogens with one attached hydrogen (secondary N) is 1. The summed E-state index contributed by atoms with van der Waals surface area (Å²) in [6, 6.07) is 11.1. The lowest BCUT2D eigenvalue weighted by atomic mass is 9.95. The van der Waals surface area contributed by atoms with Crippen LogP contribution in [0.25, 0.3) is 0 Å². The number of benzene rings is 2. The molecule has 6 heteroatoms. The van der Waals surface area contributed by atoms with Gasteiger partial charge in [0.05, 0.1) is 25.2 Å². The molecule has 0 bridgehead atoms. The molecule has 2 atom stereocenters. The fourth-order valence-corrected chi connectivity index (χ4v) is 3.48. The summed E-state index contributed by atoms with van der Waals surface area (Å²) in [7, 11) is 0. The van der Waals surface area contributed by atoms with E-state index in [2.05, 4.69) is 5.32 Å². The third-order valence-corrected chi connectivity index (χ3v) is 4.96. The van der Waals surface area contributed by atoms with Crippen molar-refractivity contribution in [1.29, 1.82) is 0 Å². The summed E-state index contributed by atoms with van der Waals surface area (Å²) < 4.78 is 17.0. The first-order valence-electron chi connectivity index (χ1n) is 9.63. The molecular weight excluding hydrogens is 378 g/mol. The number of carbonyl (C=O) groups is 1. The second-order valence-electron chi connectivity index (χ2n) is 6.77. The van der Waals surface area contributed by atoms with Gasteiger partial charge in [-0.15, -0.1) is 0 Å². The van der Waals surface area contributed by atoms with Gasteiger partial charge in [-0.05, 0) is 68.7 Å². The molecule has 0 aliphatic carbocycles. The highest BCUT2D eigenvalue weighted by atomic mass is 35.5. The van der Waals surface area contributed by atoms with Gasteiger partial charge in [-0.2, -0.15) is 0 Å². The Labute approximate surface area is 170 Å². The highest BCUT2D eigenvalue weighted by Crippen LogP contribution is 2.32. The first-order valence-corrected chi connectivity index (χ1v) is 10.0. The Hall–Kier alpha value is -2.40. The number of halogens is 1. The van der Waals surface area contributed by atoms with E-state index in [9.17, 15) is 4.79 Å². The molecule has 0 radical (unpaired) electrons.